The van der Waals surface area contributed by atoms with Gasteiger partial charge in [-0.2, -0.15) is 0 Å². The number of halogens is 1. The highest BCUT2D eigenvalue weighted by atomic mass is 19.1. The van der Waals surface area contributed by atoms with Crippen molar-refractivity contribution in [3.63, 3.8) is 0 Å². The summed E-state index contributed by atoms with van der Waals surface area (Å²) in [5.74, 6) is 0.906. The van der Waals surface area contributed by atoms with Gasteiger partial charge in [0.05, 0.1) is 4.92 Å². The van der Waals surface area contributed by atoms with Crippen molar-refractivity contribution >= 4 is 17.4 Å². The normalized spacial score (nSPS) is 13.7. The van der Waals surface area contributed by atoms with Crippen molar-refractivity contribution in [3.05, 3.63) is 81.9 Å². The van der Waals surface area contributed by atoms with Gasteiger partial charge in [0.1, 0.15) is 23.7 Å². The van der Waals surface area contributed by atoms with Crippen LogP contribution < -0.4 is 9.64 Å². The first-order valence-electron chi connectivity index (χ1n) is 9.95. The van der Waals surface area contributed by atoms with Crippen LogP contribution in [0.2, 0.25) is 0 Å². The van der Waals surface area contributed by atoms with Gasteiger partial charge in [0.2, 0.25) is 5.88 Å². The number of aromatic nitrogens is 2. The lowest BCUT2D eigenvalue weighted by atomic mass is 10.1. The zero-order valence-corrected chi connectivity index (χ0v) is 17.3. The van der Waals surface area contributed by atoms with E-state index < -0.39 is 4.92 Å². The number of aryl methyl sites for hydroxylation is 1. The Kier molecular flexibility index (Phi) is 5.93. The first-order chi connectivity index (χ1) is 15.4. The Morgan fingerprint density at radius 3 is 2.59 bits per heavy atom. The van der Waals surface area contributed by atoms with Crippen LogP contribution >= 0.6 is 0 Å². The Balaban J connectivity index is 1.41. The van der Waals surface area contributed by atoms with E-state index in [9.17, 15) is 19.3 Å². The quantitative estimate of drug-likeness (QED) is 0.444. The molecule has 1 fully saturated rings. The standard InChI is InChI=1S/C22H20FN5O4/c1-15-11-17(23)5-6-19(15)32-21-13-20(24-14-25-21)26-7-9-27(10-8-26)22(29)16-3-2-4-18(12-16)28(30)31/h2-6,11-14H,7-10H2,1H3. The molecule has 10 heteroatoms. The second-order valence-electron chi connectivity index (χ2n) is 7.31. The van der Waals surface area contributed by atoms with Crippen molar-refractivity contribution in [1.82, 2.24) is 14.9 Å². The minimum absolute atomic E-state index is 0.112. The highest BCUT2D eigenvalue weighted by Crippen LogP contribution is 2.26. The summed E-state index contributed by atoms with van der Waals surface area (Å²) in [6.45, 7) is 3.70. The number of non-ortho nitro benzene ring substituents is 1. The summed E-state index contributed by atoms with van der Waals surface area (Å²) in [5.41, 5.74) is 0.831. The number of benzene rings is 2. The number of ether oxygens (including phenoxy) is 1. The Morgan fingerprint density at radius 2 is 1.88 bits per heavy atom. The molecule has 0 bridgehead atoms. The molecule has 1 saturated heterocycles. The van der Waals surface area contributed by atoms with Crippen molar-refractivity contribution in [3.8, 4) is 11.6 Å². The van der Waals surface area contributed by atoms with E-state index in [4.69, 9.17) is 4.74 Å². The molecule has 0 unspecified atom stereocenters. The molecule has 164 valence electrons. The maximum Gasteiger partial charge on any atom is 0.270 e. The monoisotopic (exact) mass is 437 g/mol. The molecular formula is C22H20FN5O4. The van der Waals surface area contributed by atoms with Gasteiger partial charge in [0.25, 0.3) is 11.6 Å². The summed E-state index contributed by atoms with van der Waals surface area (Å²) in [6, 6.07) is 11.7. The number of rotatable bonds is 5. The smallest absolute Gasteiger partial charge is 0.270 e. The first kappa shape index (κ1) is 21.2. The topological polar surface area (TPSA) is 102 Å². The average molecular weight is 437 g/mol. The van der Waals surface area contributed by atoms with E-state index in [1.165, 1.54) is 36.7 Å². The fourth-order valence-electron chi connectivity index (χ4n) is 3.47. The summed E-state index contributed by atoms with van der Waals surface area (Å²) in [7, 11) is 0. The van der Waals surface area contributed by atoms with Crippen LogP contribution in [-0.4, -0.2) is 51.9 Å². The van der Waals surface area contributed by atoms with Crippen molar-refractivity contribution in [1.29, 1.82) is 0 Å². The lowest BCUT2D eigenvalue weighted by Gasteiger charge is -2.35. The molecule has 1 aromatic heterocycles. The molecule has 1 aliphatic rings. The van der Waals surface area contributed by atoms with Crippen LogP contribution in [0.1, 0.15) is 15.9 Å². The maximum absolute atomic E-state index is 13.3. The first-order valence-corrected chi connectivity index (χ1v) is 9.95. The molecule has 2 heterocycles. The highest BCUT2D eigenvalue weighted by Gasteiger charge is 2.24. The third kappa shape index (κ3) is 4.64. The summed E-state index contributed by atoms with van der Waals surface area (Å²) < 4.78 is 19.1. The SMILES string of the molecule is Cc1cc(F)ccc1Oc1cc(N2CCN(C(=O)c3cccc([N+](=O)[O-])c3)CC2)ncn1. The van der Waals surface area contributed by atoms with Crippen molar-refractivity contribution in [2.24, 2.45) is 0 Å². The fourth-order valence-corrected chi connectivity index (χ4v) is 3.47. The van der Waals surface area contributed by atoms with Gasteiger partial charge in [-0.15, -0.1) is 0 Å². The molecule has 0 aliphatic carbocycles. The second-order valence-corrected chi connectivity index (χ2v) is 7.31. The molecule has 2 aromatic carbocycles. The van der Waals surface area contributed by atoms with E-state index >= 15 is 0 Å². The third-order valence-electron chi connectivity index (χ3n) is 5.17. The second kappa shape index (κ2) is 8.96. The van der Waals surface area contributed by atoms with Crippen LogP contribution in [0, 0.1) is 22.9 Å². The molecule has 3 aromatic rings. The highest BCUT2D eigenvalue weighted by molar-refractivity contribution is 5.95. The summed E-state index contributed by atoms with van der Waals surface area (Å²) in [4.78, 5) is 35.3. The van der Waals surface area contributed by atoms with Crippen LogP contribution in [-0.2, 0) is 0 Å². The minimum atomic E-state index is -0.517. The van der Waals surface area contributed by atoms with Crippen LogP contribution in [0.25, 0.3) is 0 Å². The summed E-state index contributed by atoms with van der Waals surface area (Å²) >= 11 is 0. The molecule has 0 spiro atoms. The van der Waals surface area contributed by atoms with Gasteiger partial charge >= 0.3 is 0 Å². The average Bonchev–Trinajstić information content (AvgIpc) is 2.81. The fraction of sp³-hybridized carbons (Fsp3) is 0.227. The molecule has 1 aliphatic heterocycles. The van der Waals surface area contributed by atoms with E-state index in [1.54, 1.807) is 30.0 Å². The van der Waals surface area contributed by atoms with Gasteiger partial charge in [0.15, 0.2) is 0 Å². The van der Waals surface area contributed by atoms with Gasteiger partial charge < -0.3 is 14.5 Å². The summed E-state index contributed by atoms with van der Waals surface area (Å²) in [5, 5.41) is 11.0. The van der Waals surface area contributed by atoms with Gasteiger partial charge in [-0.25, -0.2) is 14.4 Å². The van der Waals surface area contributed by atoms with Crippen LogP contribution in [0.3, 0.4) is 0 Å². The number of hydrogen-bond acceptors (Lipinski definition) is 7. The largest absolute Gasteiger partial charge is 0.439 e. The molecule has 1 amide bonds. The lowest BCUT2D eigenvalue weighted by Crippen LogP contribution is -2.49. The number of nitro groups is 1. The van der Waals surface area contributed by atoms with Crippen LogP contribution in [0.15, 0.2) is 54.9 Å². The van der Waals surface area contributed by atoms with Crippen LogP contribution in [0.4, 0.5) is 15.9 Å². The number of carbonyl (C=O) groups excluding carboxylic acids is 1. The van der Waals surface area contributed by atoms with E-state index in [2.05, 4.69) is 9.97 Å². The Hall–Kier alpha value is -4.08. The predicted molar refractivity (Wildman–Crippen MR) is 114 cm³/mol. The lowest BCUT2D eigenvalue weighted by molar-refractivity contribution is -0.384. The number of nitro benzene ring substituents is 1. The molecule has 0 radical (unpaired) electrons. The van der Waals surface area contributed by atoms with Crippen molar-refractivity contribution in [2.45, 2.75) is 6.92 Å². The Bertz CT molecular complexity index is 1160. The molecule has 0 N–H and O–H groups in total. The van der Waals surface area contributed by atoms with E-state index in [0.717, 1.165) is 0 Å². The Morgan fingerprint density at radius 1 is 1.09 bits per heavy atom. The number of amides is 1. The number of nitrogens with zero attached hydrogens (tertiary/aromatic N) is 5. The maximum atomic E-state index is 13.3. The molecule has 9 nitrogen and oxygen atoms in total. The number of hydrogen-bond donors (Lipinski definition) is 0. The molecule has 0 saturated carbocycles. The van der Waals surface area contributed by atoms with Gasteiger partial charge in [-0.1, -0.05) is 6.07 Å². The Labute approximate surface area is 183 Å². The van der Waals surface area contributed by atoms with E-state index in [1.807, 2.05) is 4.90 Å². The molecule has 4 rings (SSSR count). The molecule has 32 heavy (non-hydrogen) atoms. The van der Waals surface area contributed by atoms with Crippen molar-refractivity contribution in [2.75, 3.05) is 31.1 Å². The van der Waals surface area contributed by atoms with Gasteiger partial charge in [0, 0.05) is 49.9 Å². The zero-order valence-electron chi connectivity index (χ0n) is 17.3. The number of carbonyl (C=O) groups is 1. The number of anilines is 1. The van der Waals surface area contributed by atoms with E-state index in [-0.39, 0.29) is 17.4 Å². The van der Waals surface area contributed by atoms with Gasteiger partial charge in [-0.05, 0) is 36.8 Å². The van der Waals surface area contributed by atoms with Crippen molar-refractivity contribution < 1.29 is 18.8 Å². The van der Waals surface area contributed by atoms with E-state index in [0.29, 0.717) is 54.8 Å². The predicted octanol–water partition coefficient (Wildman–Crippen LogP) is 3.59. The number of piperazine rings is 1. The molecular weight excluding hydrogens is 417 g/mol. The van der Waals surface area contributed by atoms with Crippen LogP contribution in [0.5, 0.6) is 11.6 Å². The molecule has 0 atom stereocenters. The third-order valence-corrected chi connectivity index (χ3v) is 5.17. The van der Waals surface area contributed by atoms with Gasteiger partial charge in [-0.3, -0.25) is 14.9 Å². The minimum Gasteiger partial charge on any atom is -0.439 e. The zero-order chi connectivity index (χ0) is 22.7. The summed E-state index contributed by atoms with van der Waals surface area (Å²) in [6.07, 6.45) is 1.39.